The van der Waals surface area contributed by atoms with Gasteiger partial charge in [-0.3, -0.25) is 0 Å². The predicted molar refractivity (Wildman–Crippen MR) is 97.1 cm³/mol. The van der Waals surface area contributed by atoms with Crippen LogP contribution >= 0.6 is 0 Å². The SMILES string of the molecule is C=CCN(Cc1nccn1Cc1cccc(C(F)(F)F)c1)C(=O)NCCC. The fourth-order valence-electron chi connectivity index (χ4n) is 2.57. The zero-order chi connectivity index (χ0) is 19.9. The Labute approximate surface area is 156 Å². The molecule has 1 heterocycles. The van der Waals surface area contributed by atoms with Gasteiger partial charge in [0.1, 0.15) is 5.82 Å². The molecule has 0 fully saturated rings. The number of imidazole rings is 1. The number of amides is 2. The number of alkyl halides is 3. The summed E-state index contributed by atoms with van der Waals surface area (Å²) < 4.78 is 40.4. The van der Waals surface area contributed by atoms with E-state index in [0.717, 1.165) is 18.6 Å². The summed E-state index contributed by atoms with van der Waals surface area (Å²) in [5, 5.41) is 2.80. The zero-order valence-corrected chi connectivity index (χ0v) is 15.2. The molecule has 2 rings (SSSR count). The summed E-state index contributed by atoms with van der Waals surface area (Å²) in [6, 6.07) is 4.96. The summed E-state index contributed by atoms with van der Waals surface area (Å²) >= 11 is 0. The molecule has 27 heavy (non-hydrogen) atoms. The first-order chi connectivity index (χ1) is 12.8. The average molecular weight is 380 g/mol. The maximum atomic E-state index is 12.9. The standard InChI is InChI=1S/C19H23F3N4O/c1-3-8-24-18(27)26(10-4-2)14-17-23-9-11-25(17)13-15-6-5-7-16(12-15)19(20,21)22/h4-7,9,11-12H,2-3,8,10,13-14H2,1H3,(H,24,27). The second-order valence-corrected chi connectivity index (χ2v) is 6.07. The van der Waals surface area contributed by atoms with Crippen LogP contribution in [0.4, 0.5) is 18.0 Å². The lowest BCUT2D eigenvalue weighted by molar-refractivity contribution is -0.137. The largest absolute Gasteiger partial charge is 0.416 e. The van der Waals surface area contributed by atoms with E-state index in [2.05, 4.69) is 16.9 Å². The molecular formula is C19H23F3N4O. The number of nitrogens with one attached hydrogen (secondary N) is 1. The van der Waals surface area contributed by atoms with Gasteiger partial charge in [0.15, 0.2) is 0 Å². The summed E-state index contributed by atoms with van der Waals surface area (Å²) in [5.74, 6) is 0.584. The molecule has 0 saturated carbocycles. The quantitative estimate of drug-likeness (QED) is 0.702. The first-order valence-electron chi connectivity index (χ1n) is 8.65. The van der Waals surface area contributed by atoms with Gasteiger partial charge in [-0.2, -0.15) is 13.2 Å². The van der Waals surface area contributed by atoms with Gasteiger partial charge in [0.05, 0.1) is 12.1 Å². The fraction of sp³-hybridized carbons (Fsp3) is 0.368. The van der Waals surface area contributed by atoms with Gasteiger partial charge in [0, 0.05) is 32.0 Å². The van der Waals surface area contributed by atoms with Crippen molar-refractivity contribution in [1.29, 1.82) is 0 Å². The van der Waals surface area contributed by atoms with Crippen LogP contribution in [-0.2, 0) is 19.3 Å². The third kappa shape index (κ3) is 5.87. The molecule has 2 amide bonds. The van der Waals surface area contributed by atoms with Gasteiger partial charge in [0.25, 0.3) is 0 Å². The van der Waals surface area contributed by atoms with E-state index < -0.39 is 11.7 Å². The van der Waals surface area contributed by atoms with Gasteiger partial charge in [-0.15, -0.1) is 6.58 Å². The normalized spacial score (nSPS) is 11.3. The lowest BCUT2D eigenvalue weighted by Gasteiger charge is -2.22. The lowest BCUT2D eigenvalue weighted by atomic mass is 10.1. The summed E-state index contributed by atoms with van der Waals surface area (Å²) in [7, 11) is 0. The van der Waals surface area contributed by atoms with Crippen LogP contribution in [0.5, 0.6) is 0 Å². The number of benzene rings is 1. The molecule has 2 aromatic rings. The predicted octanol–water partition coefficient (Wildman–Crippen LogP) is 4.06. The van der Waals surface area contributed by atoms with Crippen LogP contribution in [-0.4, -0.2) is 33.6 Å². The van der Waals surface area contributed by atoms with Crippen LogP contribution in [0.1, 0.15) is 30.3 Å². The third-order valence-electron chi connectivity index (χ3n) is 3.90. The van der Waals surface area contributed by atoms with E-state index in [1.54, 1.807) is 34.0 Å². The van der Waals surface area contributed by atoms with Crippen LogP contribution in [0, 0.1) is 0 Å². The van der Waals surface area contributed by atoms with Crippen molar-refractivity contribution in [3.63, 3.8) is 0 Å². The van der Waals surface area contributed by atoms with Gasteiger partial charge in [-0.05, 0) is 24.1 Å². The summed E-state index contributed by atoms with van der Waals surface area (Å²) in [6.07, 6.45) is 1.31. The van der Waals surface area contributed by atoms with Crippen molar-refractivity contribution in [1.82, 2.24) is 19.8 Å². The summed E-state index contributed by atoms with van der Waals surface area (Å²) in [4.78, 5) is 18.1. The highest BCUT2D eigenvalue weighted by Gasteiger charge is 2.30. The topological polar surface area (TPSA) is 50.2 Å². The molecule has 8 heteroatoms. The Kier molecular flexibility index (Phi) is 7.04. The highest BCUT2D eigenvalue weighted by molar-refractivity contribution is 5.74. The Morgan fingerprint density at radius 2 is 2.19 bits per heavy atom. The number of hydrogen-bond donors (Lipinski definition) is 1. The minimum Gasteiger partial charge on any atom is -0.338 e. The summed E-state index contributed by atoms with van der Waals surface area (Å²) in [6.45, 7) is 6.98. The van der Waals surface area contributed by atoms with Crippen LogP contribution in [0.2, 0.25) is 0 Å². The molecule has 0 saturated heterocycles. The van der Waals surface area contributed by atoms with Gasteiger partial charge < -0.3 is 14.8 Å². The van der Waals surface area contributed by atoms with Gasteiger partial charge >= 0.3 is 12.2 Å². The molecule has 0 spiro atoms. The first-order valence-corrected chi connectivity index (χ1v) is 8.65. The molecule has 5 nitrogen and oxygen atoms in total. The van der Waals surface area contributed by atoms with Crippen molar-refractivity contribution < 1.29 is 18.0 Å². The highest BCUT2D eigenvalue weighted by Crippen LogP contribution is 2.29. The number of aromatic nitrogens is 2. The summed E-state index contributed by atoms with van der Waals surface area (Å²) in [5.41, 5.74) is -0.177. The van der Waals surface area contributed by atoms with Crippen molar-refractivity contribution in [3.8, 4) is 0 Å². The maximum absolute atomic E-state index is 12.9. The van der Waals surface area contributed by atoms with Gasteiger partial charge in [-0.25, -0.2) is 9.78 Å². The molecule has 0 aliphatic carbocycles. The number of halogens is 3. The molecule has 0 radical (unpaired) electrons. The van der Waals surface area contributed by atoms with E-state index in [1.807, 2.05) is 6.92 Å². The number of carbonyl (C=O) groups is 1. The molecule has 0 aliphatic rings. The van der Waals surface area contributed by atoms with Gasteiger partial charge in [-0.1, -0.05) is 25.1 Å². The Bertz CT molecular complexity index is 770. The van der Waals surface area contributed by atoms with Crippen molar-refractivity contribution in [2.75, 3.05) is 13.1 Å². The molecule has 0 aliphatic heterocycles. The third-order valence-corrected chi connectivity index (χ3v) is 3.90. The van der Waals surface area contributed by atoms with Crippen molar-refractivity contribution in [2.45, 2.75) is 32.6 Å². The molecule has 0 bridgehead atoms. The van der Waals surface area contributed by atoms with E-state index in [4.69, 9.17) is 0 Å². The van der Waals surface area contributed by atoms with Crippen LogP contribution < -0.4 is 5.32 Å². The van der Waals surface area contributed by atoms with E-state index in [1.165, 1.54) is 6.07 Å². The number of hydrogen-bond acceptors (Lipinski definition) is 2. The minimum atomic E-state index is -4.38. The Morgan fingerprint density at radius 3 is 2.85 bits per heavy atom. The van der Waals surface area contributed by atoms with Gasteiger partial charge in [0.2, 0.25) is 0 Å². The fourth-order valence-corrected chi connectivity index (χ4v) is 2.57. The van der Waals surface area contributed by atoms with Crippen molar-refractivity contribution >= 4 is 6.03 Å². The van der Waals surface area contributed by atoms with Crippen molar-refractivity contribution in [3.05, 3.63) is 66.3 Å². The zero-order valence-electron chi connectivity index (χ0n) is 15.2. The molecule has 1 aromatic carbocycles. The Balaban J connectivity index is 2.15. The minimum absolute atomic E-state index is 0.230. The molecular weight excluding hydrogens is 357 g/mol. The molecule has 146 valence electrons. The lowest BCUT2D eigenvalue weighted by Crippen LogP contribution is -2.40. The smallest absolute Gasteiger partial charge is 0.338 e. The van der Waals surface area contributed by atoms with Crippen molar-refractivity contribution in [2.24, 2.45) is 0 Å². The second kappa shape index (κ2) is 9.25. The molecule has 1 N–H and O–H groups in total. The van der Waals surface area contributed by atoms with E-state index in [9.17, 15) is 18.0 Å². The number of urea groups is 1. The molecule has 0 atom stereocenters. The average Bonchev–Trinajstić information content (AvgIpc) is 3.05. The maximum Gasteiger partial charge on any atom is 0.416 e. The highest BCUT2D eigenvalue weighted by atomic mass is 19.4. The monoisotopic (exact) mass is 380 g/mol. The second-order valence-electron chi connectivity index (χ2n) is 6.07. The van der Waals surface area contributed by atoms with E-state index in [-0.39, 0.29) is 19.1 Å². The molecule has 0 unspecified atom stereocenters. The van der Waals surface area contributed by atoms with Crippen LogP contribution in [0.15, 0.2) is 49.3 Å². The Morgan fingerprint density at radius 1 is 1.41 bits per heavy atom. The number of rotatable bonds is 8. The Hall–Kier alpha value is -2.77. The number of nitrogens with zero attached hydrogens (tertiary/aromatic N) is 3. The number of carbonyl (C=O) groups excluding carboxylic acids is 1. The first kappa shape index (κ1) is 20.5. The van der Waals surface area contributed by atoms with Crippen LogP contribution in [0.25, 0.3) is 0 Å². The van der Waals surface area contributed by atoms with E-state index in [0.29, 0.717) is 24.5 Å². The van der Waals surface area contributed by atoms with Crippen LogP contribution in [0.3, 0.4) is 0 Å². The molecule has 1 aromatic heterocycles. The van der Waals surface area contributed by atoms with E-state index >= 15 is 0 Å².